The third-order valence-electron chi connectivity index (χ3n) is 4.47. The van der Waals surface area contributed by atoms with E-state index in [2.05, 4.69) is 4.72 Å². The van der Waals surface area contributed by atoms with Crippen molar-refractivity contribution >= 4 is 25.7 Å². The molecule has 2 aromatic rings. The number of fused-ring (bicyclic) bond motifs is 1. The Labute approximate surface area is 155 Å². The Morgan fingerprint density at radius 2 is 1.69 bits per heavy atom. The molecule has 0 spiro atoms. The van der Waals surface area contributed by atoms with Crippen LogP contribution in [0.5, 0.6) is 0 Å². The maximum Gasteiger partial charge on any atom is 0.240 e. The Kier molecular flexibility index (Phi) is 5.36. The molecule has 8 heteroatoms. The molecule has 140 valence electrons. The van der Waals surface area contributed by atoms with Crippen molar-refractivity contribution in [3.8, 4) is 0 Å². The minimum atomic E-state index is -3.72. The summed E-state index contributed by atoms with van der Waals surface area (Å²) < 4.78 is 53.6. The van der Waals surface area contributed by atoms with E-state index in [4.69, 9.17) is 0 Å². The summed E-state index contributed by atoms with van der Waals surface area (Å²) in [6.07, 6.45) is 1.49. The van der Waals surface area contributed by atoms with Crippen LogP contribution in [0.25, 0.3) is 0 Å². The number of para-hydroxylation sites is 1. The van der Waals surface area contributed by atoms with Gasteiger partial charge in [-0.3, -0.25) is 4.31 Å². The zero-order valence-electron chi connectivity index (χ0n) is 14.6. The molecule has 26 heavy (non-hydrogen) atoms. The number of nitrogens with one attached hydrogen (secondary N) is 1. The van der Waals surface area contributed by atoms with Gasteiger partial charge in [0.2, 0.25) is 20.0 Å². The van der Waals surface area contributed by atoms with E-state index < -0.39 is 20.0 Å². The van der Waals surface area contributed by atoms with Crippen LogP contribution in [0.1, 0.15) is 18.1 Å². The SMILES string of the molecule is CCc1ccc(S(=O)(=O)NCCS(=O)(=O)N2CCc3ccccc32)cc1. The van der Waals surface area contributed by atoms with Crippen molar-refractivity contribution in [2.24, 2.45) is 0 Å². The van der Waals surface area contributed by atoms with Crippen LogP contribution in [0.3, 0.4) is 0 Å². The van der Waals surface area contributed by atoms with Crippen LogP contribution < -0.4 is 9.03 Å². The fourth-order valence-corrected chi connectivity index (χ4v) is 5.59. The van der Waals surface area contributed by atoms with Crippen molar-refractivity contribution in [2.75, 3.05) is 23.1 Å². The van der Waals surface area contributed by atoms with Crippen LogP contribution in [0, 0.1) is 0 Å². The van der Waals surface area contributed by atoms with E-state index in [0.717, 1.165) is 17.5 Å². The first-order chi connectivity index (χ1) is 12.3. The van der Waals surface area contributed by atoms with E-state index in [1.165, 1.54) is 16.4 Å². The number of rotatable bonds is 7. The van der Waals surface area contributed by atoms with Gasteiger partial charge >= 0.3 is 0 Å². The van der Waals surface area contributed by atoms with Gasteiger partial charge in [0.25, 0.3) is 0 Å². The van der Waals surface area contributed by atoms with Crippen molar-refractivity contribution in [1.29, 1.82) is 0 Å². The Morgan fingerprint density at radius 3 is 2.38 bits per heavy atom. The minimum Gasteiger partial charge on any atom is -0.270 e. The topological polar surface area (TPSA) is 83.5 Å². The second kappa shape index (κ2) is 7.38. The molecule has 0 aromatic heterocycles. The third-order valence-corrected chi connectivity index (χ3v) is 7.72. The molecule has 3 rings (SSSR count). The van der Waals surface area contributed by atoms with Crippen LogP contribution in [0.4, 0.5) is 5.69 Å². The van der Waals surface area contributed by atoms with Crippen LogP contribution in [0.15, 0.2) is 53.4 Å². The second-order valence-electron chi connectivity index (χ2n) is 6.16. The lowest BCUT2D eigenvalue weighted by Gasteiger charge is -2.19. The largest absolute Gasteiger partial charge is 0.270 e. The molecule has 0 unspecified atom stereocenters. The molecule has 0 bridgehead atoms. The molecule has 0 saturated carbocycles. The van der Waals surface area contributed by atoms with Crippen LogP contribution >= 0.6 is 0 Å². The van der Waals surface area contributed by atoms with E-state index in [-0.39, 0.29) is 17.2 Å². The number of nitrogens with zero attached hydrogens (tertiary/aromatic N) is 1. The van der Waals surface area contributed by atoms with Gasteiger partial charge in [0.15, 0.2) is 0 Å². The smallest absolute Gasteiger partial charge is 0.240 e. The standard InChI is InChI=1S/C18H22N2O4S2/c1-2-15-7-9-17(10-8-15)26(23,24)19-12-14-25(21,22)20-13-11-16-5-3-4-6-18(16)20/h3-10,19H,2,11-14H2,1H3. The lowest BCUT2D eigenvalue weighted by atomic mass is 10.2. The van der Waals surface area contributed by atoms with Crippen molar-refractivity contribution < 1.29 is 16.8 Å². The highest BCUT2D eigenvalue weighted by Crippen LogP contribution is 2.29. The van der Waals surface area contributed by atoms with Gasteiger partial charge in [-0.1, -0.05) is 37.3 Å². The molecule has 0 aliphatic carbocycles. The summed E-state index contributed by atoms with van der Waals surface area (Å²) >= 11 is 0. The van der Waals surface area contributed by atoms with E-state index in [1.54, 1.807) is 24.3 Å². The van der Waals surface area contributed by atoms with Gasteiger partial charge in [-0.2, -0.15) is 0 Å². The summed E-state index contributed by atoms with van der Waals surface area (Å²) in [5, 5.41) is 0. The van der Waals surface area contributed by atoms with Gasteiger partial charge in [0.05, 0.1) is 16.3 Å². The van der Waals surface area contributed by atoms with E-state index in [1.807, 2.05) is 19.1 Å². The molecule has 1 aliphatic heterocycles. The normalized spacial score (nSPS) is 14.4. The number of aryl methyl sites for hydroxylation is 1. The van der Waals surface area contributed by atoms with Crippen LogP contribution in [-0.2, 0) is 32.9 Å². The molecule has 0 saturated heterocycles. The lowest BCUT2D eigenvalue weighted by molar-refractivity contribution is 0.580. The van der Waals surface area contributed by atoms with Gasteiger partial charge in [-0.15, -0.1) is 0 Å². The van der Waals surface area contributed by atoms with Gasteiger partial charge < -0.3 is 0 Å². The van der Waals surface area contributed by atoms with E-state index in [9.17, 15) is 16.8 Å². The Morgan fingerprint density at radius 1 is 1.00 bits per heavy atom. The first-order valence-corrected chi connectivity index (χ1v) is 11.6. The third kappa shape index (κ3) is 3.92. The monoisotopic (exact) mass is 394 g/mol. The van der Waals surface area contributed by atoms with Crippen molar-refractivity contribution in [1.82, 2.24) is 4.72 Å². The first kappa shape index (κ1) is 18.9. The number of sulfonamides is 2. The van der Waals surface area contributed by atoms with Crippen LogP contribution in [0.2, 0.25) is 0 Å². The molecule has 6 nitrogen and oxygen atoms in total. The molecule has 2 aromatic carbocycles. The van der Waals surface area contributed by atoms with Gasteiger partial charge in [-0.05, 0) is 42.2 Å². The minimum absolute atomic E-state index is 0.138. The maximum atomic E-state index is 12.6. The average Bonchev–Trinajstić information content (AvgIpc) is 3.06. The van der Waals surface area contributed by atoms with Gasteiger partial charge in [0.1, 0.15) is 0 Å². The zero-order chi connectivity index (χ0) is 18.8. The summed E-state index contributed by atoms with van der Waals surface area (Å²) in [6.45, 7) is 2.22. The predicted molar refractivity (Wildman–Crippen MR) is 102 cm³/mol. The summed E-state index contributed by atoms with van der Waals surface area (Å²) in [5.41, 5.74) is 2.72. The number of anilines is 1. The molecule has 1 aliphatic rings. The fraction of sp³-hybridized carbons (Fsp3) is 0.333. The highest BCUT2D eigenvalue weighted by atomic mass is 32.2. The van der Waals surface area contributed by atoms with Gasteiger partial charge in [0, 0.05) is 13.1 Å². The highest BCUT2D eigenvalue weighted by Gasteiger charge is 2.29. The molecule has 0 amide bonds. The molecule has 1 N–H and O–H groups in total. The Balaban J connectivity index is 1.65. The molecular weight excluding hydrogens is 372 g/mol. The summed E-state index contributed by atoms with van der Waals surface area (Å²) in [6, 6.07) is 14.0. The molecule has 0 atom stereocenters. The average molecular weight is 395 g/mol. The van der Waals surface area contributed by atoms with E-state index >= 15 is 0 Å². The Hall–Kier alpha value is -1.90. The van der Waals surface area contributed by atoms with Crippen LogP contribution in [-0.4, -0.2) is 35.7 Å². The summed E-state index contributed by atoms with van der Waals surface area (Å²) in [7, 11) is -7.31. The van der Waals surface area contributed by atoms with Crippen molar-refractivity contribution in [3.63, 3.8) is 0 Å². The highest BCUT2D eigenvalue weighted by molar-refractivity contribution is 7.93. The fourth-order valence-electron chi connectivity index (χ4n) is 3.00. The Bertz CT molecular complexity index is 984. The maximum absolute atomic E-state index is 12.6. The first-order valence-electron chi connectivity index (χ1n) is 8.50. The number of benzene rings is 2. The van der Waals surface area contributed by atoms with Crippen molar-refractivity contribution in [3.05, 3.63) is 59.7 Å². The molecular formula is C18H22N2O4S2. The number of hydrogen-bond donors (Lipinski definition) is 1. The molecule has 1 heterocycles. The predicted octanol–water partition coefficient (Wildman–Crippen LogP) is 1.92. The quantitative estimate of drug-likeness (QED) is 0.778. The zero-order valence-corrected chi connectivity index (χ0v) is 16.2. The van der Waals surface area contributed by atoms with Gasteiger partial charge in [-0.25, -0.2) is 21.6 Å². The summed E-state index contributed by atoms with van der Waals surface area (Å²) in [4.78, 5) is 0.138. The lowest BCUT2D eigenvalue weighted by Crippen LogP contribution is -2.36. The number of hydrogen-bond acceptors (Lipinski definition) is 4. The van der Waals surface area contributed by atoms with E-state index in [0.29, 0.717) is 18.7 Å². The molecule has 0 fully saturated rings. The summed E-state index contributed by atoms with van der Waals surface area (Å²) in [5.74, 6) is -0.284. The molecule has 0 radical (unpaired) electrons. The van der Waals surface area contributed by atoms with Crippen molar-refractivity contribution in [2.45, 2.75) is 24.7 Å². The second-order valence-corrected chi connectivity index (χ2v) is 9.94.